The second kappa shape index (κ2) is 4.34. The number of benzene rings is 1. The van der Waals surface area contributed by atoms with Crippen LogP contribution in [-0.4, -0.2) is 16.7 Å². The van der Waals surface area contributed by atoms with Crippen molar-refractivity contribution in [2.24, 2.45) is 5.73 Å². The summed E-state index contributed by atoms with van der Waals surface area (Å²) in [5.74, 6) is 0. The highest BCUT2D eigenvalue weighted by molar-refractivity contribution is 5.67. The maximum atomic E-state index is 5.61. The third-order valence-electron chi connectivity index (χ3n) is 3.52. The lowest BCUT2D eigenvalue weighted by Gasteiger charge is -2.05. The highest BCUT2D eigenvalue weighted by Crippen LogP contribution is 2.29. The molecule has 0 fully saturated rings. The molecule has 3 nitrogen and oxygen atoms in total. The number of rotatable bonds is 3. The first-order valence-electron chi connectivity index (χ1n) is 6.23. The Hall–Kier alpha value is -1.61. The molecule has 17 heavy (non-hydrogen) atoms. The summed E-state index contributed by atoms with van der Waals surface area (Å²) in [6, 6.07) is 6.78. The van der Waals surface area contributed by atoms with Gasteiger partial charge >= 0.3 is 0 Å². The lowest BCUT2D eigenvalue weighted by atomic mass is 10.0. The number of nitrogens with one attached hydrogen (secondary N) is 1. The lowest BCUT2D eigenvalue weighted by Crippen LogP contribution is -2.04. The SMILES string of the molecule is NCCc1[nH]ncc1-c1ccc2c(c1)CCC2. The van der Waals surface area contributed by atoms with Gasteiger partial charge < -0.3 is 5.73 Å². The van der Waals surface area contributed by atoms with Crippen LogP contribution >= 0.6 is 0 Å². The van der Waals surface area contributed by atoms with Gasteiger partial charge in [-0.05, 0) is 42.5 Å². The smallest absolute Gasteiger partial charge is 0.0568 e. The number of nitrogens with two attached hydrogens (primary N) is 1. The van der Waals surface area contributed by atoms with Crippen LogP contribution in [0.25, 0.3) is 11.1 Å². The topological polar surface area (TPSA) is 54.7 Å². The molecule has 1 aromatic heterocycles. The first-order chi connectivity index (χ1) is 8.38. The molecule has 1 aliphatic rings. The molecule has 0 saturated heterocycles. The lowest BCUT2D eigenvalue weighted by molar-refractivity contribution is 0.902. The van der Waals surface area contributed by atoms with Crippen LogP contribution in [0.3, 0.4) is 0 Å². The van der Waals surface area contributed by atoms with E-state index in [1.165, 1.54) is 41.5 Å². The van der Waals surface area contributed by atoms with E-state index < -0.39 is 0 Å². The van der Waals surface area contributed by atoms with Crippen molar-refractivity contribution in [3.05, 3.63) is 41.2 Å². The normalized spacial score (nSPS) is 13.9. The highest BCUT2D eigenvalue weighted by Gasteiger charge is 2.13. The van der Waals surface area contributed by atoms with Crippen LogP contribution in [0, 0.1) is 0 Å². The van der Waals surface area contributed by atoms with E-state index in [9.17, 15) is 0 Å². The summed E-state index contributed by atoms with van der Waals surface area (Å²) < 4.78 is 0. The van der Waals surface area contributed by atoms with Gasteiger partial charge in [-0.3, -0.25) is 5.10 Å². The summed E-state index contributed by atoms with van der Waals surface area (Å²) in [6.45, 7) is 0.653. The van der Waals surface area contributed by atoms with Crippen molar-refractivity contribution < 1.29 is 0 Å². The second-order valence-electron chi connectivity index (χ2n) is 4.64. The van der Waals surface area contributed by atoms with E-state index in [4.69, 9.17) is 5.73 Å². The zero-order valence-electron chi connectivity index (χ0n) is 9.87. The number of aryl methyl sites for hydroxylation is 2. The van der Waals surface area contributed by atoms with Crippen molar-refractivity contribution >= 4 is 0 Å². The number of hydrogen-bond acceptors (Lipinski definition) is 2. The van der Waals surface area contributed by atoms with Crippen molar-refractivity contribution in [3.8, 4) is 11.1 Å². The standard InChI is InChI=1S/C14H17N3/c15-7-6-14-13(9-16-17-14)12-5-4-10-2-1-3-11(10)8-12/h4-5,8-9H,1-3,6-7,15H2,(H,16,17). The molecule has 3 N–H and O–H groups in total. The van der Waals surface area contributed by atoms with Crippen molar-refractivity contribution in [1.82, 2.24) is 10.2 Å². The molecule has 0 atom stereocenters. The van der Waals surface area contributed by atoms with Crippen LogP contribution in [0.15, 0.2) is 24.4 Å². The van der Waals surface area contributed by atoms with Crippen LogP contribution in [0.2, 0.25) is 0 Å². The van der Waals surface area contributed by atoms with E-state index in [0.29, 0.717) is 6.54 Å². The average Bonchev–Trinajstić information content (AvgIpc) is 2.96. The fourth-order valence-electron chi connectivity index (χ4n) is 2.64. The van der Waals surface area contributed by atoms with E-state index in [1.54, 1.807) is 0 Å². The zero-order chi connectivity index (χ0) is 11.7. The first-order valence-corrected chi connectivity index (χ1v) is 6.23. The van der Waals surface area contributed by atoms with E-state index >= 15 is 0 Å². The Morgan fingerprint density at radius 1 is 1.24 bits per heavy atom. The molecule has 2 aromatic rings. The molecule has 1 aliphatic carbocycles. The van der Waals surface area contributed by atoms with Gasteiger partial charge in [0.25, 0.3) is 0 Å². The molecule has 0 amide bonds. The molecule has 1 aromatic carbocycles. The minimum absolute atomic E-state index is 0.653. The summed E-state index contributed by atoms with van der Waals surface area (Å²) in [5, 5.41) is 7.17. The number of aromatic nitrogens is 2. The van der Waals surface area contributed by atoms with E-state index in [0.717, 1.165) is 12.1 Å². The Bertz CT molecular complexity index is 528. The molecule has 88 valence electrons. The maximum absolute atomic E-state index is 5.61. The van der Waals surface area contributed by atoms with Gasteiger partial charge in [-0.2, -0.15) is 5.10 Å². The predicted molar refractivity (Wildman–Crippen MR) is 68.8 cm³/mol. The Balaban J connectivity index is 2.00. The van der Waals surface area contributed by atoms with Crippen LogP contribution in [-0.2, 0) is 19.3 Å². The third-order valence-corrected chi connectivity index (χ3v) is 3.52. The number of hydrogen-bond donors (Lipinski definition) is 2. The Morgan fingerprint density at radius 2 is 2.12 bits per heavy atom. The molecule has 0 aliphatic heterocycles. The number of aromatic amines is 1. The fourth-order valence-corrected chi connectivity index (χ4v) is 2.64. The molecule has 0 spiro atoms. The Morgan fingerprint density at radius 3 is 3.00 bits per heavy atom. The second-order valence-corrected chi connectivity index (χ2v) is 4.64. The largest absolute Gasteiger partial charge is 0.330 e. The van der Waals surface area contributed by atoms with Crippen molar-refractivity contribution in [2.75, 3.05) is 6.54 Å². The Kier molecular flexibility index (Phi) is 2.69. The highest BCUT2D eigenvalue weighted by atomic mass is 15.1. The molecule has 0 bridgehead atoms. The van der Waals surface area contributed by atoms with Crippen molar-refractivity contribution in [3.63, 3.8) is 0 Å². The monoisotopic (exact) mass is 227 g/mol. The van der Waals surface area contributed by atoms with Gasteiger partial charge in [0.05, 0.1) is 6.20 Å². The molecule has 0 radical (unpaired) electrons. The molecular weight excluding hydrogens is 210 g/mol. The molecule has 0 saturated carbocycles. The number of H-pyrrole nitrogens is 1. The van der Waals surface area contributed by atoms with Crippen molar-refractivity contribution in [2.45, 2.75) is 25.7 Å². The Labute approximate surface area is 101 Å². The molecule has 3 heteroatoms. The van der Waals surface area contributed by atoms with Crippen molar-refractivity contribution in [1.29, 1.82) is 0 Å². The number of nitrogens with zero attached hydrogens (tertiary/aromatic N) is 1. The first kappa shape index (κ1) is 10.5. The van der Waals surface area contributed by atoms with Gasteiger partial charge in [0, 0.05) is 17.7 Å². The van der Waals surface area contributed by atoms with Gasteiger partial charge in [0.2, 0.25) is 0 Å². The van der Waals surface area contributed by atoms with Crippen LogP contribution in [0.5, 0.6) is 0 Å². The zero-order valence-corrected chi connectivity index (χ0v) is 9.87. The summed E-state index contributed by atoms with van der Waals surface area (Å²) in [7, 11) is 0. The molecule has 3 rings (SSSR count). The van der Waals surface area contributed by atoms with Crippen LogP contribution in [0.1, 0.15) is 23.2 Å². The minimum atomic E-state index is 0.653. The average molecular weight is 227 g/mol. The molecule has 0 unspecified atom stereocenters. The summed E-state index contributed by atoms with van der Waals surface area (Å²) in [4.78, 5) is 0. The van der Waals surface area contributed by atoms with Crippen LogP contribution < -0.4 is 5.73 Å². The molecular formula is C14H17N3. The van der Waals surface area contributed by atoms with E-state index in [1.807, 2.05) is 6.20 Å². The van der Waals surface area contributed by atoms with Gasteiger partial charge in [0.15, 0.2) is 0 Å². The maximum Gasteiger partial charge on any atom is 0.0568 e. The predicted octanol–water partition coefficient (Wildman–Crippen LogP) is 2.07. The van der Waals surface area contributed by atoms with Gasteiger partial charge in [-0.25, -0.2) is 0 Å². The summed E-state index contributed by atoms with van der Waals surface area (Å²) in [5.41, 5.74) is 12.2. The number of fused-ring (bicyclic) bond motifs is 1. The van der Waals surface area contributed by atoms with Gasteiger partial charge in [-0.15, -0.1) is 0 Å². The van der Waals surface area contributed by atoms with E-state index in [2.05, 4.69) is 28.4 Å². The molecule has 1 heterocycles. The van der Waals surface area contributed by atoms with Gasteiger partial charge in [-0.1, -0.05) is 18.2 Å². The minimum Gasteiger partial charge on any atom is -0.330 e. The van der Waals surface area contributed by atoms with E-state index in [-0.39, 0.29) is 0 Å². The summed E-state index contributed by atoms with van der Waals surface area (Å²) in [6.07, 6.45) is 6.50. The third kappa shape index (κ3) is 1.87. The van der Waals surface area contributed by atoms with Gasteiger partial charge in [0.1, 0.15) is 0 Å². The quantitative estimate of drug-likeness (QED) is 0.843. The summed E-state index contributed by atoms with van der Waals surface area (Å²) >= 11 is 0. The van der Waals surface area contributed by atoms with Crippen LogP contribution in [0.4, 0.5) is 0 Å². The fraction of sp³-hybridized carbons (Fsp3) is 0.357.